The van der Waals surface area contributed by atoms with Gasteiger partial charge in [-0.05, 0) is 37.3 Å². The Morgan fingerprint density at radius 2 is 2.33 bits per heavy atom. The molecule has 1 unspecified atom stereocenters. The summed E-state index contributed by atoms with van der Waals surface area (Å²) < 4.78 is 0. The second-order valence-corrected chi connectivity index (χ2v) is 4.88. The van der Waals surface area contributed by atoms with E-state index in [1.165, 1.54) is 11.3 Å². The van der Waals surface area contributed by atoms with Gasteiger partial charge < -0.3 is 10.4 Å². The highest BCUT2D eigenvalue weighted by Crippen LogP contribution is 2.17. The molecule has 2 N–H and O–H groups in total. The molecule has 1 amide bonds. The molecule has 0 aromatic carbocycles. The average Bonchev–Trinajstić information content (AvgIpc) is 2.64. The maximum atomic E-state index is 11.8. The fourth-order valence-corrected chi connectivity index (χ4v) is 2.00. The molecule has 0 aliphatic rings. The quantitative estimate of drug-likeness (QED) is 0.826. The summed E-state index contributed by atoms with van der Waals surface area (Å²) in [5.74, 6) is -0.0964. The molecule has 0 fully saturated rings. The van der Waals surface area contributed by atoms with E-state index in [1.807, 2.05) is 32.2 Å². The molecule has 0 aliphatic heterocycles. The SMILES string of the molecule is CCC(C)(CO)NC(=O)c1sccc1C. The zero-order chi connectivity index (χ0) is 11.5. The van der Waals surface area contributed by atoms with Crippen LogP contribution in [0.4, 0.5) is 0 Å². The van der Waals surface area contributed by atoms with Crippen LogP contribution in [0.3, 0.4) is 0 Å². The summed E-state index contributed by atoms with van der Waals surface area (Å²) in [6.45, 7) is 5.65. The smallest absolute Gasteiger partial charge is 0.262 e. The van der Waals surface area contributed by atoms with Crippen molar-refractivity contribution >= 4 is 17.2 Å². The van der Waals surface area contributed by atoms with Crippen molar-refractivity contribution in [2.45, 2.75) is 32.7 Å². The summed E-state index contributed by atoms with van der Waals surface area (Å²) in [4.78, 5) is 12.6. The highest BCUT2D eigenvalue weighted by molar-refractivity contribution is 7.12. The Balaban J connectivity index is 2.76. The molecule has 0 bridgehead atoms. The molecule has 4 heteroatoms. The molecule has 0 radical (unpaired) electrons. The lowest BCUT2D eigenvalue weighted by Crippen LogP contribution is -2.48. The minimum atomic E-state index is -0.520. The molecule has 0 aliphatic carbocycles. The Morgan fingerprint density at radius 3 is 2.73 bits per heavy atom. The van der Waals surface area contributed by atoms with Crippen LogP contribution in [0.1, 0.15) is 35.5 Å². The largest absolute Gasteiger partial charge is 0.394 e. The van der Waals surface area contributed by atoms with Gasteiger partial charge in [0.25, 0.3) is 5.91 Å². The standard InChI is InChI=1S/C11H17NO2S/c1-4-11(3,7-13)12-10(14)9-8(2)5-6-15-9/h5-6,13H,4,7H2,1-3H3,(H,12,14). The number of carbonyl (C=O) groups excluding carboxylic acids is 1. The molecule has 1 heterocycles. The second-order valence-electron chi connectivity index (χ2n) is 3.96. The van der Waals surface area contributed by atoms with Crippen molar-refractivity contribution in [3.05, 3.63) is 21.9 Å². The summed E-state index contributed by atoms with van der Waals surface area (Å²) in [5.41, 5.74) is 0.460. The van der Waals surface area contributed by atoms with Gasteiger partial charge in [-0.2, -0.15) is 0 Å². The third kappa shape index (κ3) is 2.79. The van der Waals surface area contributed by atoms with Crippen LogP contribution < -0.4 is 5.32 Å². The Hall–Kier alpha value is -0.870. The van der Waals surface area contributed by atoms with Crippen molar-refractivity contribution in [1.82, 2.24) is 5.32 Å². The number of thiophene rings is 1. The minimum absolute atomic E-state index is 0.0420. The number of nitrogens with one attached hydrogen (secondary N) is 1. The first-order valence-corrected chi connectivity index (χ1v) is 5.88. The summed E-state index contributed by atoms with van der Waals surface area (Å²) in [7, 11) is 0. The number of aliphatic hydroxyl groups is 1. The molecule has 1 aromatic heterocycles. The molecular weight excluding hydrogens is 210 g/mol. The summed E-state index contributed by atoms with van der Waals surface area (Å²) in [6.07, 6.45) is 0.708. The number of hydrogen-bond acceptors (Lipinski definition) is 3. The summed E-state index contributed by atoms with van der Waals surface area (Å²) in [5, 5.41) is 13.9. The van der Waals surface area contributed by atoms with Gasteiger partial charge in [-0.1, -0.05) is 6.92 Å². The number of hydrogen-bond donors (Lipinski definition) is 2. The van der Waals surface area contributed by atoms with Crippen molar-refractivity contribution in [1.29, 1.82) is 0 Å². The van der Waals surface area contributed by atoms with Gasteiger partial charge in [0.2, 0.25) is 0 Å². The van der Waals surface area contributed by atoms with E-state index in [9.17, 15) is 9.90 Å². The molecule has 3 nitrogen and oxygen atoms in total. The minimum Gasteiger partial charge on any atom is -0.394 e. The van der Waals surface area contributed by atoms with E-state index >= 15 is 0 Å². The molecule has 0 saturated heterocycles. The van der Waals surface area contributed by atoms with Crippen molar-refractivity contribution < 1.29 is 9.90 Å². The normalized spacial score (nSPS) is 14.7. The number of aliphatic hydroxyl groups excluding tert-OH is 1. The number of rotatable bonds is 4. The van der Waals surface area contributed by atoms with E-state index in [0.717, 1.165) is 10.4 Å². The Kier molecular flexibility index (Phi) is 3.88. The summed E-state index contributed by atoms with van der Waals surface area (Å²) >= 11 is 1.43. The number of carbonyl (C=O) groups is 1. The first kappa shape index (κ1) is 12.2. The lowest BCUT2D eigenvalue weighted by atomic mass is 10.00. The van der Waals surface area contributed by atoms with E-state index in [-0.39, 0.29) is 12.5 Å². The Morgan fingerprint density at radius 1 is 1.67 bits per heavy atom. The van der Waals surface area contributed by atoms with Gasteiger partial charge in [0.05, 0.1) is 17.0 Å². The first-order valence-electron chi connectivity index (χ1n) is 5.00. The highest BCUT2D eigenvalue weighted by Gasteiger charge is 2.24. The van der Waals surface area contributed by atoms with Crippen LogP contribution in [0.25, 0.3) is 0 Å². The lowest BCUT2D eigenvalue weighted by Gasteiger charge is -2.26. The van der Waals surface area contributed by atoms with E-state index in [1.54, 1.807) is 0 Å². The van der Waals surface area contributed by atoms with Crippen molar-refractivity contribution in [3.63, 3.8) is 0 Å². The highest BCUT2D eigenvalue weighted by atomic mass is 32.1. The first-order chi connectivity index (χ1) is 7.02. The predicted octanol–water partition coefficient (Wildman–Crippen LogP) is 1.95. The van der Waals surface area contributed by atoms with Crippen molar-refractivity contribution in [3.8, 4) is 0 Å². The third-order valence-corrected chi connectivity index (χ3v) is 3.63. The molecule has 1 rings (SSSR count). The topological polar surface area (TPSA) is 49.3 Å². The maximum absolute atomic E-state index is 11.8. The molecule has 1 aromatic rings. The molecule has 84 valence electrons. The molecular formula is C11H17NO2S. The lowest BCUT2D eigenvalue weighted by molar-refractivity contribution is 0.0851. The molecule has 0 saturated carbocycles. The number of aryl methyl sites for hydroxylation is 1. The second kappa shape index (κ2) is 4.77. The third-order valence-electron chi connectivity index (χ3n) is 2.61. The van der Waals surface area contributed by atoms with Crippen LogP contribution in [-0.2, 0) is 0 Å². The van der Waals surface area contributed by atoms with E-state index in [0.29, 0.717) is 6.42 Å². The van der Waals surface area contributed by atoms with Crippen LogP contribution in [0.15, 0.2) is 11.4 Å². The Bertz CT molecular complexity index is 342. The average molecular weight is 227 g/mol. The fourth-order valence-electron chi connectivity index (χ4n) is 1.18. The van der Waals surface area contributed by atoms with E-state index in [4.69, 9.17) is 0 Å². The van der Waals surface area contributed by atoms with Gasteiger partial charge in [-0.3, -0.25) is 4.79 Å². The maximum Gasteiger partial charge on any atom is 0.262 e. The van der Waals surface area contributed by atoms with Gasteiger partial charge >= 0.3 is 0 Å². The van der Waals surface area contributed by atoms with Crippen molar-refractivity contribution in [2.24, 2.45) is 0 Å². The van der Waals surface area contributed by atoms with Crippen LogP contribution in [0.5, 0.6) is 0 Å². The zero-order valence-corrected chi connectivity index (χ0v) is 10.1. The predicted molar refractivity (Wildman–Crippen MR) is 62.3 cm³/mol. The van der Waals surface area contributed by atoms with Gasteiger partial charge in [0, 0.05) is 0 Å². The van der Waals surface area contributed by atoms with Gasteiger partial charge in [0.1, 0.15) is 0 Å². The molecule has 15 heavy (non-hydrogen) atoms. The van der Waals surface area contributed by atoms with Gasteiger partial charge in [-0.25, -0.2) is 0 Å². The number of amides is 1. The van der Waals surface area contributed by atoms with Crippen molar-refractivity contribution in [2.75, 3.05) is 6.61 Å². The van der Waals surface area contributed by atoms with Crippen LogP contribution in [0, 0.1) is 6.92 Å². The van der Waals surface area contributed by atoms with Crippen LogP contribution in [-0.4, -0.2) is 23.2 Å². The zero-order valence-electron chi connectivity index (χ0n) is 9.33. The van der Waals surface area contributed by atoms with Gasteiger partial charge in [-0.15, -0.1) is 11.3 Å². The van der Waals surface area contributed by atoms with Crippen LogP contribution in [0.2, 0.25) is 0 Å². The molecule has 1 atom stereocenters. The van der Waals surface area contributed by atoms with Crippen LogP contribution >= 0.6 is 11.3 Å². The summed E-state index contributed by atoms with van der Waals surface area (Å²) in [6, 6.07) is 1.92. The van der Waals surface area contributed by atoms with E-state index in [2.05, 4.69) is 5.32 Å². The monoisotopic (exact) mass is 227 g/mol. The van der Waals surface area contributed by atoms with E-state index < -0.39 is 5.54 Å². The molecule has 0 spiro atoms. The fraction of sp³-hybridized carbons (Fsp3) is 0.545. The Labute approximate surface area is 94.1 Å². The van der Waals surface area contributed by atoms with Gasteiger partial charge in [0.15, 0.2) is 0 Å².